The van der Waals surface area contributed by atoms with Gasteiger partial charge in [-0.3, -0.25) is 4.79 Å². The number of phenolic OH excluding ortho intramolecular Hbond substituents is 1. The molecular weight excluding hydrogens is 240 g/mol. The SMILES string of the molecule is Cc1cccc(C(=O)NCCc2ccc(O)cc2)n1. The average molecular weight is 256 g/mol. The van der Waals surface area contributed by atoms with Crippen molar-refractivity contribution >= 4 is 5.91 Å². The van der Waals surface area contributed by atoms with E-state index in [-0.39, 0.29) is 11.7 Å². The lowest BCUT2D eigenvalue weighted by atomic mass is 10.1. The first-order valence-corrected chi connectivity index (χ1v) is 6.15. The molecule has 0 aliphatic heterocycles. The predicted molar refractivity (Wildman–Crippen MR) is 73.1 cm³/mol. The van der Waals surface area contributed by atoms with E-state index < -0.39 is 0 Å². The molecule has 1 aromatic carbocycles. The molecule has 19 heavy (non-hydrogen) atoms. The number of aryl methyl sites for hydroxylation is 1. The van der Waals surface area contributed by atoms with E-state index in [2.05, 4.69) is 10.3 Å². The van der Waals surface area contributed by atoms with Gasteiger partial charge in [-0.15, -0.1) is 0 Å². The number of rotatable bonds is 4. The summed E-state index contributed by atoms with van der Waals surface area (Å²) in [5.74, 6) is 0.0826. The van der Waals surface area contributed by atoms with E-state index in [4.69, 9.17) is 5.11 Å². The van der Waals surface area contributed by atoms with Crippen molar-refractivity contribution in [2.45, 2.75) is 13.3 Å². The number of nitrogens with zero attached hydrogens (tertiary/aromatic N) is 1. The molecule has 0 radical (unpaired) electrons. The molecule has 0 spiro atoms. The molecule has 1 amide bonds. The molecule has 2 N–H and O–H groups in total. The number of amides is 1. The van der Waals surface area contributed by atoms with Crippen molar-refractivity contribution in [3.63, 3.8) is 0 Å². The van der Waals surface area contributed by atoms with E-state index in [9.17, 15) is 4.79 Å². The third-order valence-electron chi connectivity index (χ3n) is 2.76. The third-order valence-corrected chi connectivity index (χ3v) is 2.76. The molecule has 4 nitrogen and oxygen atoms in total. The first-order chi connectivity index (χ1) is 9.15. The van der Waals surface area contributed by atoms with Crippen LogP contribution in [-0.2, 0) is 6.42 Å². The Morgan fingerprint density at radius 3 is 2.63 bits per heavy atom. The van der Waals surface area contributed by atoms with Crippen LogP contribution in [0.25, 0.3) is 0 Å². The van der Waals surface area contributed by atoms with Crippen LogP contribution >= 0.6 is 0 Å². The van der Waals surface area contributed by atoms with Crippen LogP contribution < -0.4 is 5.32 Å². The maximum Gasteiger partial charge on any atom is 0.269 e. The second-order valence-corrected chi connectivity index (χ2v) is 4.34. The number of carbonyl (C=O) groups is 1. The van der Waals surface area contributed by atoms with Crippen molar-refractivity contribution in [3.8, 4) is 5.75 Å². The number of aromatic nitrogens is 1. The van der Waals surface area contributed by atoms with E-state index in [0.717, 1.165) is 17.7 Å². The number of benzene rings is 1. The van der Waals surface area contributed by atoms with Crippen LogP contribution in [0.5, 0.6) is 5.75 Å². The van der Waals surface area contributed by atoms with E-state index in [1.807, 2.05) is 31.2 Å². The van der Waals surface area contributed by atoms with Crippen LogP contribution in [0.2, 0.25) is 0 Å². The lowest BCUT2D eigenvalue weighted by Crippen LogP contribution is -2.26. The molecular formula is C15H16N2O2. The summed E-state index contributed by atoms with van der Waals surface area (Å²) >= 11 is 0. The highest BCUT2D eigenvalue weighted by molar-refractivity contribution is 5.92. The van der Waals surface area contributed by atoms with Gasteiger partial charge < -0.3 is 10.4 Å². The van der Waals surface area contributed by atoms with E-state index >= 15 is 0 Å². The summed E-state index contributed by atoms with van der Waals surface area (Å²) in [6.45, 7) is 2.40. The maximum absolute atomic E-state index is 11.8. The largest absolute Gasteiger partial charge is 0.508 e. The number of aromatic hydroxyl groups is 1. The van der Waals surface area contributed by atoms with Gasteiger partial charge in [-0.05, 0) is 43.2 Å². The first-order valence-electron chi connectivity index (χ1n) is 6.15. The summed E-state index contributed by atoms with van der Waals surface area (Å²) in [5, 5.41) is 12.0. The number of phenols is 1. The Balaban J connectivity index is 1.86. The van der Waals surface area contributed by atoms with Crippen LogP contribution in [0.4, 0.5) is 0 Å². The quantitative estimate of drug-likeness (QED) is 0.880. The van der Waals surface area contributed by atoms with Crippen LogP contribution in [0.3, 0.4) is 0 Å². The van der Waals surface area contributed by atoms with Crippen LogP contribution in [0, 0.1) is 6.92 Å². The molecule has 0 aliphatic carbocycles. The standard InChI is InChI=1S/C15H16N2O2/c1-11-3-2-4-14(17-11)15(19)16-10-9-12-5-7-13(18)8-6-12/h2-8,18H,9-10H2,1H3,(H,16,19). The van der Waals surface area contributed by atoms with Gasteiger partial charge in [0.05, 0.1) is 0 Å². The minimum atomic E-state index is -0.164. The second-order valence-electron chi connectivity index (χ2n) is 4.34. The van der Waals surface area contributed by atoms with Gasteiger partial charge >= 0.3 is 0 Å². The van der Waals surface area contributed by atoms with Gasteiger partial charge in [0.2, 0.25) is 0 Å². The number of nitrogens with one attached hydrogen (secondary N) is 1. The zero-order valence-corrected chi connectivity index (χ0v) is 10.8. The summed E-state index contributed by atoms with van der Waals surface area (Å²) in [4.78, 5) is 16.0. The molecule has 4 heteroatoms. The van der Waals surface area contributed by atoms with Crippen molar-refractivity contribution in [2.24, 2.45) is 0 Å². The number of hydrogen-bond donors (Lipinski definition) is 2. The Morgan fingerprint density at radius 2 is 1.95 bits per heavy atom. The highest BCUT2D eigenvalue weighted by Gasteiger charge is 2.06. The summed E-state index contributed by atoms with van der Waals surface area (Å²) in [5.41, 5.74) is 2.33. The Bertz CT molecular complexity index is 565. The third kappa shape index (κ3) is 3.81. The smallest absolute Gasteiger partial charge is 0.269 e. The lowest BCUT2D eigenvalue weighted by Gasteiger charge is -2.05. The number of pyridine rings is 1. The average Bonchev–Trinajstić information content (AvgIpc) is 2.41. The number of carbonyl (C=O) groups excluding carboxylic acids is 1. The Kier molecular flexibility index (Phi) is 4.13. The summed E-state index contributed by atoms with van der Waals surface area (Å²) in [6.07, 6.45) is 0.720. The van der Waals surface area contributed by atoms with E-state index in [1.54, 1.807) is 18.2 Å². The predicted octanol–water partition coefficient (Wildman–Crippen LogP) is 2.07. The van der Waals surface area contributed by atoms with Gasteiger partial charge in [0.25, 0.3) is 5.91 Å². The van der Waals surface area contributed by atoms with Crippen LogP contribution in [-0.4, -0.2) is 22.5 Å². The van der Waals surface area contributed by atoms with Crippen molar-refractivity contribution in [2.75, 3.05) is 6.54 Å². The zero-order chi connectivity index (χ0) is 13.7. The van der Waals surface area contributed by atoms with Crippen LogP contribution in [0.15, 0.2) is 42.5 Å². The topological polar surface area (TPSA) is 62.2 Å². The molecule has 2 aromatic rings. The molecule has 0 atom stereocenters. The fourth-order valence-corrected chi connectivity index (χ4v) is 1.74. The molecule has 0 fully saturated rings. The number of hydrogen-bond acceptors (Lipinski definition) is 3. The highest BCUT2D eigenvalue weighted by atomic mass is 16.3. The Morgan fingerprint density at radius 1 is 1.21 bits per heavy atom. The summed E-state index contributed by atoms with van der Waals surface area (Å²) in [6, 6.07) is 12.3. The van der Waals surface area contributed by atoms with Gasteiger partial charge in [0.1, 0.15) is 11.4 Å². The zero-order valence-electron chi connectivity index (χ0n) is 10.8. The van der Waals surface area contributed by atoms with Gasteiger partial charge in [0.15, 0.2) is 0 Å². The second kappa shape index (κ2) is 6.00. The summed E-state index contributed by atoms with van der Waals surface area (Å²) in [7, 11) is 0. The molecule has 0 bridgehead atoms. The Labute approximate surface area is 112 Å². The maximum atomic E-state index is 11.8. The molecule has 98 valence electrons. The Hall–Kier alpha value is -2.36. The van der Waals surface area contributed by atoms with Gasteiger partial charge in [-0.1, -0.05) is 18.2 Å². The van der Waals surface area contributed by atoms with Crippen molar-refractivity contribution in [3.05, 3.63) is 59.4 Å². The van der Waals surface area contributed by atoms with Crippen molar-refractivity contribution < 1.29 is 9.90 Å². The van der Waals surface area contributed by atoms with Gasteiger partial charge in [-0.25, -0.2) is 4.98 Å². The molecule has 0 unspecified atom stereocenters. The lowest BCUT2D eigenvalue weighted by molar-refractivity contribution is 0.0949. The van der Waals surface area contributed by atoms with Gasteiger partial charge in [-0.2, -0.15) is 0 Å². The molecule has 1 heterocycles. The normalized spacial score (nSPS) is 10.2. The van der Waals surface area contributed by atoms with Gasteiger partial charge in [0, 0.05) is 12.2 Å². The summed E-state index contributed by atoms with van der Waals surface area (Å²) < 4.78 is 0. The molecule has 1 aromatic heterocycles. The monoisotopic (exact) mass is 256 g/mol. The van der Waals surface area contributed by atoms with E-state index in [0.29, 0.717) is 12.2 Å². The molecule has 0 saturated carbocycles. The first kappa shape index (κ1) is 13.1. The molecule has 2 rings (SSSR count). The van der Waals surface area contributed by atoms with Crippen LogP contribution in [0.1, 0.15) is 21.7 Å². The van der Waals surface area contributed by atoms with Crippen molar-refractivity contribution in [1.82, 2.24) is 10.3 Å². The minimum absolute atomic E-state index is 0.164. The fraction of sp³-hybridized carbons (Fsp3) is 0.200. The highest BCUT2D eigenvalue weighted by Crippen LogP contribution is 2.09. The minimum Gasteiger partial charge on any atom is -0.508 e. The van der Waals surface area contributed by atoms with E-state index in [1.165, 1.54) is 0 Å². The van der Waals surface area contributed by atoms with Crippen molar-refractivity contribution in [1.29, 1.82) is 0 Å². The molecule has 0 aliphatic rings. The fourth-order valence-electron chi connectivity index (χ4n) is 1.74. The molecule has 0 saturated heterocycles.